The molecule has 1 unspecified atom stereocenters. The first-order chi connectivity index (χ1) is 9.63. The highest BCUT2D eigenvalue weighted by atomic mass is 16.5. The number of rotatable bonds is 1. The Morgan fingerprint density at radius 2 is 2.10 bits per heavy atom. The smallest absolute Gasteiger partial charge is 0.224 e. The predicted molar refractivity (Wildman–Crippen MR) is 71.5 cm³/mol. The van der Waals surface area contributed by atoms with Gasteiger partial charge in [0.2, 0.25) is 11.8 Å². The highest BCUT2D eigenvalue weighted by Gasteiger charge is 2.34. The molecular weight excluding hydrogens is 254 g/mol. The van der Waals surface area contributed by atoms with Gasteiger partial charge in [0.25, 0.3) is 0 Å². The number of hydrogen-bond donors (Lipinski definition) is 1. The van der Waals surface area contributed by atoms with Gasteiger partial charge in [0, 0.05) is 19.4 Å². The summed E-state index contributed by atoms with van der Waals surface area (Å²) in [5.41, 5.74) is 8.94. The highest BCUT2D eigenvalue weighted by Crippen LogP contribution is 2.43. The maximum atomic E-state index is 9.41. The van der Waals surface area contributed by atoms with Crippen molar-refractivity contribution in [2.75, 3.05) is 0 Å². The summed E-state index contributed by atoms with van der Waals surface area (Å²) in [6.07, 6.45) is 3.39. The molecule has 0 spiro atoms. The maximum absolute atomic E-state index is 9.41. The number of nitrogens with two attached hydrogens (primary N) is 1. The van der Waals surface area contributed by atoms with Crippen LogP contribution in [0.25, 0.3) is 0 Å². The van der Waals surface area contributed by atoms with Crippen molar-refractivity contribution in [1.82, 2.24) is 14.8 Å². The third-order valence-corrected chi connectivity index (χ3v) is 3.42. The van der Waals surface area contributed by atoms with Crippen molar-refractivity contribution < 1.29 is 4.74 Å². The maximum Gasteiger partial charge on any atom is 0.224 e. The van der Waals surface area contributed by atoms with E-state index in [0.717, 1.165) is 16.8 Å². The van der Waals surface area contributed by atoms with E-state index < -0.39 is 0 Å². The summed E-state index contributed by atoms with van der Waals surface area (Å²) < 4.78 is 7.20. The highest BCUT2D eigenvalue weighted by molar-refractivity contribution is 5.54. The van der Waals surface area contributed by atoms with Crippen LogP contribution in [0.3, 0.4) is 0 Å². The van der Waals surface area contributed by atoms with Gasteiger partial charge < -0.3 is 10.5 Å². The van der Waals surface area contributed by atoms with E-state index in [1.165, 1.54) is 0 Å². The van der Waals surface area contributed by atoms with Gasteiger partial charge in [-0.2, -0.15) is 10.4 Å². The van der Waals surface area contributed by atoms with Crippen molar-refractivity contribution in [3.8, 4) is 11.9 Å². The van der Waals surface area contributed by atoms with Gasteiger partial charge >= 0.3 is 0 Å². The minimum absolute atomic E-state index is 0.129. The molecule has 0 aliphatic carbocycles. The standard InChI is InChI=1S/C14H13N5O/c1-8-11-12(9-3-5-17-6-4-9)10(7-15)13(16)20-14(11)19(2)18-8/h3-6,12H,16H2,1-2H3. The summed E-state index contributed by atoms with van der Waals surface area (Å²) in [6.45, 7) is 1.90. The monoisotopic (exact) mass is 267 g/mol. The van der Waals surface area contributed by atoms with E-state index in [4.69, 9.17) is 10.5 Å². The average Bonchev–Trinajstić information content (AvgIpc) is 2.73. The Morgan fingerprint density at radius 1 is 1.40 bits per heavy atom. The Morgan fingerprint density at radius 3 is 2.75 bits per heavy atom. The number of aromatic nitrogens is 3. The third kappa shape index (κ3) is 1.64. The first-order valence-electron chi connectivity index (χ1n) is 6.14. The van der Waals surface area contributed by atoms with Crippen LogP contribution in [-0.2, 0) is 7.05 Å². The molecule has 2 aromatic heterocycles. The molecule has 0 fully saturated rings. The molecule has 0 bridgehead atoms. The second-order valence-electron chi connectivity index (χ2n) is 4.63. The number of nitriles is 1. The molecule has 1 atom stereocenters. The Labute approximate surface area is 116 Å². The van der Waals surface area contributed by atoms with Gasteiger partial charge in [-0.25, -0.2) is 4.68 Å². The van der Waals surface area contributed by atoms with Crippen molar-refractivity contribution in [2.24, 2.45) is 12.8 Å². The van der Waals surface area contributed by atoms with Crippen LogP contribution >= 0.6 is 0 Å². The van der Waals surface area contributed by atoms with E-state index in [2.05, 4.69) is 16.2 Å². The average molecular weight is 267 g/mol. The van der Waals surface area contributed by atoms with Crippen molar-refractivity contribution in [1.29, 1.82) is 5.26 Å². The number of fused-ring (bicyclic) bond motifs is 1. The molecule has 2 N–H and O–H groups in total. The van der Waals surface area contributed by atoms with Gasteiger partial charge in [-0.3, -0.25) is 4.98 Å². The fourth-order valence-electron chi connectivity index (χ4n) is 2.56. The molecule has 1 aliphatic heterocycles. The van der Waals surface area contributed by atoms with Gasteiger partial charge in [0.15, 0.2) is 0 Å². The Balaban J connectivity index is 2.28. The molecule has 2 aromatic rings. The largest absolute Gasteiger partial charge is 0.422 e. The predicted octanol–water partition coefficient (Wildman–Crippen LogP) is 1.34. The van der Waals surface area contributed by atoms with Crippen molar-refractivity contribution in [2.45, 2.75) is 12.8 Å². The van der Waals surface area contributed by atoms with Gasteiger partial charge in [0.1, 0.15) is 11.6 Å². The summed E-state index contributed by atoms with van der Waals surface area (Å²) in [4.78, 5) is 4.01. The fourth-order valence-corrected chi connectivity index (χ4v) is 2.56. The van der Waals surface area contributed by atoms with Crippen LogP contribution in [0.5, 0.6) is 5.88 Å². The lowest BCUT2D eigenvalue weighted by Gasteiger charge is -2.24. The molecule has 20 heavy (non-hydrogen) atoms. The molecule has 1 aliphatic rings. The van der Waals surface area contributed by atoms with Crippen LogP contribution in [0.4, 0.5) is 0 Å². The number of aryl methyl sites for hydroxylation is 2. The number of allylic oxidation sites excluding steroid dienone is 1. The lowest BCUT2D eigenvalue weighted by Crippen LogP contribution is -2.21. The summed E-state index contributed by atoms with van der Waals surface area (Å²) >= 11 is 0. The second-order valence-corrected chi connectivity index (χ2v) is 4.63. The summed E-state index contributed by atoms with van der Waals surface area (Å²) in [7, 11) is 1.79. The molecule has 3 rings (SSSR count). The van der Waals surface area contributed by atoms with Crippen LogP contribution in [0, 0.1) is 18.3 Å². The Bertz CT molecular complexity index is 739. The molecule has 3 heterocycles. The van der Waals surface area contributed by atoms with Crippen LogP contribution in [0.1, 0.15) is 22.7 Å². The van der Waals surface area contributed by atoms with Gasteiger partial charge in [-0.05, 0) is 24.6 Å². The molecule has 100 valence electrons. The molecule has 6 heteroatoms. The zero-order valence-electron chi connectivity index (χ0n) is 11.2. The van der Waals surface area contributed by atoms with E-state index in [0.29, 0.717) is 11.5 Å². The van der Waals surface area contributed by atoms with Crippen molar-refractivity contribution in [3.05, 3.63) is 52.8 Å². The Hall–Kier alpha value is -2.81. The number of pyridine rings is 1. The van der Waals surface area contributed by atoms with Crippen LogP contribution in [0.2, 0.25) is 0 Å². The van der Waals surface area contributed by atoms with E-state index >= 15 is 0 Å². The minimum Gasteiger partial charge on any atom is -0.422 e. The lowest BCUT2D eigenvalue weighted by atomic mass is 9.85. The third-order valence-electron chi connectivity index (χ3n) is 3.42. The van der Waals surface area contributed by atoms with E-state index in [9.17, 15) is 5.26 Å². The van der Waals surface area contributed by atoms with Crippen molar-refractivity contribution >= 4 is 0 Å². The number of ether oxygens (including phenoxy) is 1. The normalized spacial score (nSPS) is 17.4. The molecule has 0 saturated carbocycles. The minimum atomic E-state index is -0.263. The van der Waals surface area contributed by atoms with Crippen LogP contribution in [0.15, 0.2) is 36.0 Å². The summed E-state index contributed by atoms with van der Waals surface area (Å²) in [6, 6.07) is 5.90. The van der Waals surface area contributed by atoms with Gasteiger partial charge in [0.05, 0.1) is 17.2 Å². The summed E-state index contributed by atoms with van der Waals surface area (Å²) in [5.74, 6) is 0.450. The summed E-state index contributed by atoms with van der Waals surface area (Å²) in [5, 5.41) is 13.8. The first kappa shape index (κ1) is 12.2. The van der Waals surface area contributed by atoms with Crippen LogP contribution < -0.4 is 10.5 Å². The SMILES string of the molecule is Cc1nn(C)c2c1C(c1ccncc1)C(C#N)=C(N)O2. The molecule has 6 nitrogen and oxygen atoms in total. The van der Waals surface area contributed by atoms with E-state index in [1.54, 1.807) is 24.1 Å². The molecule has 0 aromatic carbocycles. The lowest BCUT2D eigenvalue weighted by molar-refractivity contribution is 0.358. The molecular formula is C14H13N5O. The number of nitrogens with zero attached hydrogens (tertiary/aromatic N) is 4. The van der Waals surface area contributed by atoms with E-state index in [-0.39, 0.29) is 11.8 Å². The fraction of sp³-hybridized carbons (Fsp3) is 0.214. The van der Waals surface area contributed by atoms with E-state index in [1.807, 2.05) is 19.1 Å². The molecule has 0 amide bonds. The van der Waals surface area contributed by atoms with Crippen LogP contribution in [-0.4, -0.2) is 14.8 Å². The molecule has 0 radical (unpaired) electrons. The zero-order valence-corrected chi connectivity index (χ0v) is 11.2. The quantitative estimate of drug-likeness (QED) is 0.842. The first-order valence-corrected chi connectivity index (χ1v) is 6.14. The zero-order chi connectivity index (χ0) is 14.3. The van der Waals surface area contributed by atoms with Gasteiger partial charge in [-0.1, -0.05) is 0 Å². The Kier molecular flexibility index (Phi) is 2.68. The second kappa shape index (κ2) is 4.38. The number of hydrogen-bond acceptors (Lipinski definition) is 5. The van der Waals surface area contributed by atoms with Crippen molar-refractivity contribution in [3.63, 3.8) is 0 Å². The van der Waals surface area contributed by atoms with Gasteiger partial charge in [-0.15, -0.1) is 0 Å². The topological polar surface area (TPSA) is 89.8 Å². The molecule has 0 saturated heterocycles.